The molecule has 0 radical (unpaired) electrons. The Bertz CT molecular complexity index is 649. The van der Waals surface area contributed by atoms with Crippen molar-refractivity contribution in [2.24, 2.45) is 0 Å². The van der Waals surface area contributed by atoms with Crippen LogP contribution in [0, 0.1) is 0 Å². The first-order valence-electron chi connectivity index (χ1n) is 4.75. The number of halogens is 1. The Morgan fingerprint density at radius 2 is 1.69 bits per heavy atom. The molecule has 0 bridgehead atoms. The highest BCUT2D eigenvalue weighted by molar-refractivity contribution is 6.38. The van der Waals surface area contributed by atoms with Crippen LogP contribution in [0.5, 0.6) is 0 Å². The van der Waals surface area contributed by atoms with Gasteiger partial charge < -0.3 is 0 Å². The fourth-order valence-corrected chi connectivity index (χ4v) is 2.26. The van der Waals surface area contributed by atoms with Crippen LogP contribution in [0.15, 0.2) is 30.3 Å². The lowest BCUT2D eigenvalue weighted by atomic mass is 10.0. The Labute approximate surface area is 96.0 Å². The van der Waals surface area contributed by atoms with Gasteiger partial charge in [0.1, 0.15) is 0 Å². The first-order chi connectivity index (χ1) is 7.68. The predicted octanol–water partition coefficient (Wildman–Crippen LogP) is 2.38. The standard InChI is InChI=1S/C12H6ClNO2/c13-9-5-8-10(12(16)14-11(8)15)7-4-2-1-3-6(7)9/h1-5H,(H,14,15,16). The number of nitrogens with one attached hydrogen (secondary N) is 1. The SMILES string of the molecule is O=C1NC(=O)c2c1cc(Cl)c1ccccc21. The number of carbonyl (C=O) groups is 2. The second kappa shape index (κ2) is 3.06. The molecule has 16 heavy (non-hydrogen) atoms. The van der Waals surface area contributed by atoms with Gasteiger partial charge in [0.2, 0.25) is 0 Å². The van der Waals surface area contributed by atoms with Crippen molar-refractivity contribution in [3.8, 4) is 0 Å². The van der Waals surface area contributed by atoms with Crippen LogP contribution in [0.2, 0.25) is 5.02 Å². The quantitative estimate of drug-likeness (QED) is 0.708. The monoisotopic (exact) mass is 231 g/mol. The van der Waals surface area contributed by atoms with Crippen molar-refractivity contribution in [2.75, 3.05) is 0 Å². The summed E-state index contributed by atoms with van der Waals surface area (Å²) in [6, 6.07) is 8.82. The minimum absolute atomic E-state index is 0.354. The minimum atomic E-state index is -0.382. The van der Waals surface area contributed by atoms with Gasteiger partial charge >= 0.3 is 0 Å². The average molecular weight is 232 g/mol. The molecule has 0 aliphatic carbocycles. The molecule has 0 atom stereocenters. The molecule has 3 rings (SSSR count). The van der Waals surface area contributed by atoms with E-state index in [1.54, 1.807) is 12.1 Å². The van der Waals surface area contributed by atoms with Gasteiger partial charge in [0.05, 0.1) is 11.1 Å². The van der Waals surface area contributed by atoms with Crippen LogP contribution in [-0.4, -0.2) is 11.8 Å². The number of fused-ring (bicyclic) bond motifs is 3. The number of hydrogen-bond donors (Lipinski definition) is 1. The third kappa shape index (κ3) is 1.09. The van der Waals surface area contributed by atoms with E-state index in [1.165, 1.54) is 0 Å². The van der Waals surface area contributed by atoms with Crippen molar-refractivity contribution in [3.05, 3.63) is 46.5 Å². The molecule has 78 valence electrons. The van der Waals surface area contributed by atoms with E-state index in [0.717, 1.165) is 5.39 Å². The molecule has 1 aliphatic rings. The third-order valence-electron chi connectivity index (χ3n) is 2.69. The summed E-state index contributed by atoms with van der Waals surface area (Å²) in [6.45, 7) is 0. The van der Waals surface area contributed by atoms with Gasteiger partial charge in [0.25, 0.3) is 11.8 Å². The van der Waals surface area contributed by atoms with E-state index in [4.69, 9.17) is 11.6 Å². The normalized spacial score (nSPS) is 14.1. The van der Waals surface area contributed by atoms with Gasteiger partial charge in [-0.15, -0.1) is 0 Å². The van der Waals surface area contributed by atoms with Crippen molar-refractivity contribution in [1.29, 1.82) is 0 Å². The molecule has 0 fully saturated rings. The smallest absolute Gasteiger partial charge is 0.259 e. The summed E-state index contributed by atoms with van der Waals surface area (Å²) in [7, 11) is 0. The Hall–Kier alpha value is -1.87. The van der Waals surface area contributed by atoms with E-state index < -0.39 is 0 Å². The van der Waals surface area contributed by atoms with Crippen LogP contribution in [0.25, 0.3) is 10.8 Å². The van der Waals surface area contributed by atoms with Gasteiger partial charge in [-0.25, -0.2) is 0 Å². The van der Waals surface area contributed by atoms with Gasteiger partial charge in [-0.05, 0) is 11.5 Å². The Balaban J connectivity index is 2.53. The fourth-order valence-electron chi connectivity index (χ4n) is 1.99. The molecule has 4 heteroatoms. The zero-order valence-corrected chi connectivity index (χ0v) is 8.84. The Kier molecular flexibility index (Phi) is 1.79. The second-order valence-corrected chi connectivity index (χ2v) is 4.02. The van der Waals surface area contributed by atoms with Crippen LogP contribution in [0.3, 0.4) is 0 Å². The van der Waals surface area contributed by atoms with Crippen molar-refractivity contribution < 1.29 is 9.59 Å². The lowest BCUT2D eigenvalue weighted by molar-refractivity contribution is 0.0880. The van der Waals surface area contributed by atoms with Crippen LogP contribution < -0.4 is 5.32 Å². The minimum Gasteiger partial charge on any atom is -0.288 e. The maximum atomic E-state index is 11.6. The number of imide groups is 1. The summed E-state index contributed by atoms with van der Waals surface area (Å²) in [5.74, 6) is -0.736. The summed E-state index contributed by atoms with van der Waals surface area (Å²) in [5.41, 5.74) is 0.777. The van der Waals surface area contributed by atoms with E-state index in [2.05, 4.69) is 5.32 Å². The molecule has 0 unspecified atom stereocenters. The summed E-state index contributed by atoms with van der Waals surface area (Å²) in [4.78, 5) is 23.1. The van der Waals surface area contributed by atoms with Gasteiger partial charge in [0, 0.05) is 10.4 Å². The molecular formula is C12H6ClNO2. The highest BCUT2D eigenvalue weighted by Gasteiger charge is 2.29. The fraction of sp³-hybridized carbons (Fsp3) is 0. The topological polar surface area (TPSA) is 46.2 Å². The summed E-state index contributed by atoms with van der Waals surface area (Å²) >= 11 is 6.06. The summed E-state index contributed by atoms with van der Waals surface area (Å²) in [6.07, 6.45) is 0. The third-order valence-corrected chi connectivity index (χ3v) is 3.01. The maximum Gasteiger partial charge on any atom is 0.259 e. The molecule has 1 heterocycles. The Morgan fingerprint density at radius 1 is 1.00 bits per heavy atom. The predicted molar refractivity (Wildman–Crippen MR) is 60.8 cm³/mol. The number of benzene rings is 2. The van der Waals surface area contributed by atoms with Gasteiger partial charge in [-0.2, -0.15) is 0 Å². The average Bonchev–Trinajstić information content (AvgIpc) is 2.55. The van der Waals surface area contributed by atoms with Gasteiger partial charge in [-0.1, -0.05) is 35.9 Å². The van der Waals surface area contributed by atoms with E-state index in [-0.39, 0.29) is 11.8 Å². The number of carbonyl (C=O) groups excluding carboxylic acids is 2. The molecule has 0 saturated carbocycles. The van der Waals surface area contributed by atoms with E-state index in [0.29, 0.717) is 21.5 Å². The van der Waals surface area contributed by atoms with Gasteiger partial charge in [-0.3, -0.25) is 14.9 Å². The highest BCUT2D eigenvalue weighted by Crippen LogP contribution is 2.31. The summed E-state index contributed by atoms with van der Waals surface area (Å²) < 4.78 is 0. The molecule has 3 nitrogen and oxygen atoms in total. The molecule has 2 aromatic carbocycles. The largest absolute Gasteiger partial charge is 0.288 e. The van der Waals surface area contributed by atoms with Crippen molar-refractivity contribution in [1.82, 2.24) is 5.32 Å². The van der Waals surface area contributed by atoms with Crippen LogP contribution >= 0.6 is 11.6 Å². The van der Waals surface area contributed by atoms with Crippen LogP contribution in [-0.2, 0) is 0 Å². The Morgan fingerprint density at radius 3 is 2.44 bits per heavy atom. The van der Waals surface area contributed by atoms with Gasteiger partial charge in [0.15, 0.2) is 0 Å². The van der Waals surface area contributed by atoms with E-state index in [9.17, 15) is 9.59 Å². The lowest BCUT2D eigenvalue weighted by Gasteiger charge is -2.04. The van der Waals surface area contributed by atoms with Crippen LogP contribution in [0.4, 0.5) is 0 Å². The second-order valence-electron chi connectivity index (χ2n) is 3.61. The molecule has 0 saturated heterocycles. The molecular weight excluding hydrogens is 226 g/mol. The zero-order chi connectivity index (χ0) is 11.3. The lowest BCUT2D eigenvalue weighted by Crippen LogP contribution is -2.19. The summed E-state index contributed by atoms with van der Waals surface area (Å²) in [5, 5.41) is 4.25. The van der Waals surface area contributed by atoms with Crippen molar-refractivity contribution in [3.63, 3.8) is 0 Å². The molecule has 2 amide bonds. The maximum absolute atomic E-state index is 11.6. The number of rotatable bonds is 0. The molecule has 1 N–H and O–H groups in total. The van der Waals surface area contributed by atoms with E-state index in [1.807, 2.05) is 18.2 Å². The zero-order valence-electron chi connectivity index (χ0n) is 8.08. The first kappa shape index (κ1) is 9.36. The number of hydrogen-bond acceptors (Lipinski definition) is 2. The van der Waals surface area contributed by atoms with Crippen molar-refractivity contribution in [2.45, 2.75) is 0 Å². The van der Waals surface area contributed by atoms with Crippen LogP contribution in [0.1, 0.15) is 20.7 Å². The molecule has 0 aromatic heterocycles. The number of amides is 2. The highest BCUT2D eigenvalue weighted by atomic mass is 35.5. The molecule has 2 aromatic rings. The molecule has 1 aliphatic heterocycles. The first-order valence-corrected chi connectivity index (χ1v) is 5.13. The molecule has 0 spiro atoms. The van der Waals surface area contributed by atoms with E-state index >= 15 is 0 Å². The van der Waals surface area contributed by atoms with Crippen molar-refractivity contribution >= 4 is 34.2 Å².